The van der Waals surface area contributed by atoms with Crippen LogP contribution in [0.1, 0.15) is 44.4 Å². The fourth-order valence-corrected chi connectivity index (χ4v) is 2.72. The summed E-state index contributed by atoms with van der Waals surface area (Å²) < 4.78 is 5.26. The molecular weight excluding hydrogens is 340 g/mol. The van der Waals surface area contributed by atoms with Crippen molar-refractivity contribution in [2.24, 2.45) is 5.92 Å². The molecule has 0 unspecified atom stereocenters. The van der Waals surface area contributed by atoms with Gasteiger partial charge in [-0.15, -0.1) is 0 Å². The van der Waals surface area contributed by atoms with Gasteiger partial charge in [0, 0.05) is 0 Å². The molecule has 0 spiro atoms. The normalized spacial score (nSPS) is 13.9. The summed E-state index contributed by atoms with van der Waals surface area (Å²) in [6, 6.07) is 18.4. The zero-order chi connectivity index (χ0) is 19.6. The van der Waals surface area contributed by atoms with Crippen molar-refractivity contribution in [3.63, 3.8) is 0 Å². The molecule has 0 radical (unpaired) electrons. The molecule has 0 saturated carbocycles. The van der Waals surface area contributed by atoms with Crippen LogP contribution in [0.25, 0.3) is 0 Å². The Hall–Kier alpha value is -2.82. The average Bonchev–Trinajstić information content (AvgIpc) is 2.71. The maximum Gasteiger partial charge on any atom is 0.408 e. The van der Waals surface area contributed by atoms with Crippen LogP contribution >= 0.6 is 0 Å². The van der Waals surface area contributed by atoms with Crippen LogP contribution in [0, 0.1) is 5.92 Å². The van der Waals surface area contributed by atoms with Crippen LogP contribution in [0.2, 0.25) is 0 Å². The minimum Gasteiger partial charge on any atom is -0.445 e. The number of benzene rings is 2. The molecule has 0 aliphatic rings. The Morgan fingerprint density at radius 3 is 2.11 bits per heavy atom. The summed E-state index contributed by atoms with van der Waals surface area (Å²) in [6.07, 6.45) is 0.170. The highest BCUT2D eigenvalue weighted by molar-refractivity contribution is 5.86. The third-order valence-corrected chi connectivity index (χ3v) is 4.64. The Balaban J connectivity index is 1.95. The van der Waals surface area contributed by atoms with Crippen LogP contribution in [0.5, 0.6) is 0 Å². The van der Waals surface area contributed by atoms with Crippen molar-refractivity contribution >= 4 is 12.0 Å². The molecule has 0 saturated heterocycles. The fraction of sp³-hybridized carbons (Fsp3) is 0.364. The monoisotopic (exact) mass is 368 g/mol. The highest BCUT2D eigenvalue weighted by Gasteiger charge is 2.27. The molecule has 5 heteroatoms. The molecule has 3 atom stereocenters. The number of ether oxygens (including phenoxy) is 1. The number of rotatable bonds is 8. The van der Waals surface area contributed by atoms with E-state index in [1.54, 1.807) is 0 Å². The minimum absolute atomic E-state index is 0.0164. The van der Waals surface area contributed by atoms with Crippen LogP contribution in [-0.4, -0.2) is 18.0 Å². The summed E-state index contributed by atoms with van der Waals surface area (Å²) in [5.74, 6) is -0.227. The molecule has 0 aromatic heterocycles. The molecule has 0 aliphatic heterocycles. The first-order chi connectivity index (χ1) is 13.0. The van der Waals surface area contributed by atoms with Gasteiger partial charge in [-0.2, -0.15) is 0 Å². The summed E-state index contributed by atoms with van der Waals surface area (Å²) in [5.41, 5.74) is 1.91. The highest BCUT2D eigenvalue weighted by atomic mass is 16.5. The molecule has 2 amide bonds. The SMILES string of the molecule is CC[C@H](C)[C@H](NC(=O)OCc1ccccc1)C(=O)N[C@@H](C)c1ccccc1. The Labute approximate surface area is 161 Å². The summed E-state index contributed by atoms with van der Waals surface area (Å²) in [7, 11) is 0. The largest absolute Gasteiger partial charge is 0.445 e. The quantitative estimate of drug-likeness (QED) is 0.734. The lowest BCUT2D eigenvalue weighted by atomic mass is 9.97. The second kappa shape index (κ2) is 10.4. The molecule has 0 heterocycles. The van der Waals surface area contributed by atoms with Gasteiger partial charge < -0.3 is 15.4 Å². The van der Waals surface area contributed by atoms with E-state index in [0.717, 1.165) is 17.5 Å². The van der Waals surface area contributed by atoms with Crippen LogP contribution < -0.4 is 10.6 Å². The van der Waals surface area contributed by atoms with Gasteiger partial charge in [0.1, 0.15) is 12.6 Å². The van der Waals surface area contributed by atoms with Gasteiger partial charge in [0.2, 0.25) is 5.91 Å². The zero-order valence-electron chi connectivity index (χ0n) is 16.1. The third kappa shape index (κ3) is 6.44. The lowest BCUT2D eigenvalue weighted by Gasteiger charge is -2.25. The van der Waals surface area contributed by atoms with Gasteiger partial charge >= 0.3 is 6.09 Å². The summed E-state index contributed by atoms with van der Waals surface area (Å²) >= 11 is 0. The number of carbonyl (C=O) groups is 2. The van der Waals surface area contributed by atoms with E-state index in [-0.39, 0.29) is 24.5 Å². The van der Waals surface area contributed by atoms with Gasteiger partial charge in [0.15, 0.2) is 0 Å². The van der Waals surface area contributed by atoms with Crippen molar-refractivity contribution in [1.29, 1.82) is 0 Å². The number of nitrogens with one attached hydrogen (secondary N) is 2. The van der Waals surface area contributed by atoms with Crippen molar-refractivity contribution in [2.45, 2.75) is 45.9 Å². The molecule has 2 N–H and O–H groups in total. The van der Waals surface area contributed by atoms with Crippen molar-refractivity contribution in [3.8, 4) is 0 Å². The average molecular weight is 368 g/mol. The molecule has 0 fully saturated rings. The van der Waals surface area contributed by atoms with Gasteiger partial charge in [-0.25, -0.2) is 4.79 Å². The first-order valence-corrected chi connectivity index (χ1v) is 9.33. The summed E-state index contributed by atoms with van der Waals surface area (Å²) in [5, 5.41) is 5.70. The van der Waals surface area contributed by atoms with Crippen molar-refractivity contribution < 1.29 is 14.3 Å². The molecule has 5 nitrogen and oxygen atoms in total. The molecule has 144 valence electrons. The van der Waals surface area contributed by atoms with E-state index in [2.05, 4.69) is 10.6 Å². The number of amides is 2. The van der Waals surface area contributed by atoms with Crippen molar-refractivity contribution in [1.82, 2.24) is 10.6 Å². The number of hydrogen-bond donors (Lipinski definition) is 2. The van der Waals surface area contributed by atoms with Crippen molar-refractivity contribution in [2.75, 3.05) is 0 Å². The van der Waals surface area contributed by atoms with Crippen LogP contribution in [0.3, 0.4) is 0 Å². The van der Waals surface area contributed by atoms with Gasteiger partial charge in [-0.05, 0) is 24.0 Å². The summed E-state index contributed by atoms with van der Waals surface area (Å²) in [6.45, 7) is 6.02. The molecule has 2 aromatic rings. The van der Waals surface area contributed by atoms with E-state index in [1.165, 1.54) is 0 Å². The van der Waals surface area contributed by atoms with E-state index >= 15 is 0 Å². The van der Waals surface area contributed by atoms with Gasteiger partial charge in [0.25, 0.3) is 0 Å². The standard InChI is InChI=1S/C22H28N2O3/c1-4-16(2)20(21(25)23-17(3)19-13-9-6-10-14-19)24-22(26)27-15-18-11-7-5-8-12-18/h5-14,16-17,20H,4,15H2,1-3H3,(H,23,25)(H,24,26)/t16-,17-,20-/m0/s1. The van der Waals surface area contributed by atoms with Gasteiger partial charge in [0.05, 0.1) is 6.04 Å². The first kappa shape index (κ1) is 20.5. The predicted octanol–water partition coefficient (Wildman–Crippen LogP) is 4.20. The third-order valence-electron chi connectivity index (χ3n) is 4.64. The first-order valence-electron chi connectivity index (χ1n) is 9.33. The number of hydrogen-bond acceptors (Lipinski definition) is 3. The fourth-order valence-electron chi connectivity index (χ4n) is 2.72. The predicted molar refractivity (Wildman–Crippen MR) is 106 cm³/mol. The van der Waals surface area contributed by atoms with E-state index in [0.29, 0.717) is 0 Å². The number of alkyl carbamates (subject to hydrolysis) is 1. The smallest absolute Gasteiger partial charge is 0.408 e. The Bertz CT molecular complexity index is 719. The summed E-state index contributed by atoms with van der Waals surface area (Å²) in [4.78, 5) is 24.9. The van der Waals surface area contributed by atoms with E-state index in [4.69, 9.17) is 4.74 Å². The van der Waals surface area contributed by atoms with E-state index in [1.807, 2.05) is 81.4 Å². The van der Waals surface area contributed by atoms with E-state index in [9.17, 15) is 9.59 Å². The molecule has 27 heavy (non-hydrogen) atoms. The maximum absolute atomic E-state index is 12.8. The molecule has 2 rings (SSSR count). The highest BCUT2D eigenvalue weighted by Crippen LogP contribution is 2.14. The minimum atomic E-state index is -0.649. The second-order valence-electron chi connectivity index (χ2n) is 6.71. The molecule has 2 aromatic carbocycles. The van der Waals surface area contributed by atoms with Crippen LogP contribution in [0.4, 0.5) is 4.79 Å². The second-order valence-corrected chi connectivity index (χ2v) is 6.71. The van der Waals surface area contributed by atoms with Gasteiger partial charge in [-0.3, -0.25) is 4.79 Å². The topological polar surface area (TPSA) is 67.4 Å². The number of carbonyl (C=O) groups excluding carboxylic acids is 2. The van der Waals surface area contributed by atoms with E-state index < -0.39 is 12.1 Å². The Kier molecular flexibility index (Phi) is 7.86. The Morgan fingerprint density at radius 2 is 1.52 bits per heavy atom. The van der Waals surface area contributed by atoms with Crippen LogP contribution in [0.15, 0.2) is 60.7 Å². The Morgan fingerprint density at radius 1 is 0.926 bits per heavy atom. The maximum atomic E-state index is 12.8. The molecular formula is C22H28N2O3. The van der Waals surface area contributed by atoms with Gasteiger partial charge in [-0.1, -0.05) is 80.9 Å². The molecule has 0 aliphatic carbocycles. The van der Waals surface area contributed by atoms with Crippen molar-refractivity contribution in [3.05, 3.63) is 71.8 Å². The lowest BCUT2D eigenvalue weighted by molar-refractivity contribution is -0.124. The van der Waals surface area contributed by atoms with Crippen LogP contribution in [-0.2, 0) is 16.1 Å². The lowest BCUT2D eigenvalue weighted by Crippen LogP contribution is -2.50. The molecule has 0 bridgehead atoms. The zero-order valence-corrected chi connectivity index (χ0v) is 16.1.